The zero-order valence-electron chi connectivity index (χ0n) is 11.2. The largest absolute Gasteiger partial charge is 0.465 e. The van der Waals surface area contributed by atoms with E-state index < -0.39 is 12.1 Å². The van der Waals surface area contributed by atoms with Gasteiger partial charge >= 0.3 is 12.1 Å². The van der Waals surface area contributed by atoms with E-state index in [1.807, 2.05) is 26.0 Å². The number of hydrogen-bond acceptors (Lipinski definition) is 4. The van der Waals surface area contributed by atoms with Crippen LogP contribution in [0.5, 0.6) is 0 Å². The summed E-state index contributed by atoms with van der Waals surface area (Å²) in [6, 6.07) is 6.83. The molecule has 1 aromatic carbocycles. The Morgan fingerprint density at radius 3 is 2.79 bits per heavy atom. The van der Waals surface area contributed by atoms with Gasteiger partial charge in [-0.3, -0.25) is 0 Å². The lowest BCUT2D eigenvalue weighted by molar-refractivity contribution is 0.0374. The zero-order valence-corrected chi connectivity index (χ0v) is 11.2. The second-order valence-corrected chi connectivity index (χ2v) is 5.22. The summed E-state index contributed by atoms with van der Waals surface area (Å²) in [5.74, 6) is -0.410. The summed E-state index contributed by atoms with van der Waals surface area (Å²) in [6.45, 7) is 4.26. The molecule has 1 aromatic rings. The monoisotopic (exact) mass is 263 g/mol. The molecule has 0 spiro atoms. The molecule has 0 saturated carbocycles. The minimum atomic E-state index is -0.469. The van der Waals surface area contributed by atoms with Gasteiger partial charge in [-0.15, -0.1) is 0 Å². The first-order chi connectivity index (χ1) is 8.95. The first-order valence-electron chi connectivity index (χ1n) is 6.06. The number of rotatable bonds is 2. The molecular formula is C14H17NO4. The molecule has 0 bridgehead atoms. The van der Waals surface area contributed by atoms with Gasteiger partial charge in [0, 0.05) is 5.41 Å². The number of hydrogen-bond donors (Lipinski definition) is 1. The van der Waals surface area contributed by atoms with Crippen LogP contribution in [0.3, 0.4) is 0 Å². The summed E-state index contributed by atoms with van der Waals surface area (Å²) < 4.78 is 9.79. The number of carbonyl (C=O) groups excluding carboxylic acids is 2. The van der Waals surface area contributed by atoms with E-state index in [4.69, 9.17) is 9.47 Å². The molecule has 5 nitrogen and oxygen atoms in total. The minimum Gasteiger partial charge on any atom is -0.465 e. The topological polar surface area (TPSA) is 64.6 Å². The van der Waals surface area contributed by atoms with Crippen molar-refractivity contribution in [2.45, 2.75) is 19.9 Å². The summed E-state index contributed by atoms with van der Waals surface area (Å²) >= 11 is 0. The third kappa shape index (κ3) is 2.54. The molecule has 1 saturated heterocycles. The lowest BCUT2D eigenvalue weighted by Gasteiger charge is -2.39. The standard InChI is InChI=1S/C14H17NO4/c1-14(2)8-19-13(17)15-11(14)9-6-4-5-7-10(9)12(16)18-3/h4-7,11H,8H2,1-3H3,(H,15,17)/t11-/m0/s1. The number of alkyl carbamates (subject to hydrolysis) is 1. The molecule has 0 aliphatic carbocycles. The maximum absolute atomic E-state index is 11.8. The van der Waals surface area contributed by atoms with Gasteiger partial charge in [-0.05, 0) is 11.6 Å². The second-order valence-electron chi connectivity index (χ2n) is 5.22. The van der Waals surface area contributed by atoms with Crippen molar-refractivity contribution in [2.24, 2.45) is 5.41 Å². The third-order valence-electron chi connectivity index (χ3n) is 3.30. The Kier molecular flexibility index (Phi) is 3.46. The predicted octanol–water partition coefficient (Wildman–Crippen LogP) is 2.28. The number of carbonyl (C=O) groups is 2. The highest BCUT2D eigenvalue weighted by molar-refractivity contribution is 5.91. The molecule has 102 valence electrons. The lowest BCUT2D eigenvalue weighted by atomic mass is 9.79. The third-order valence-corrected chi connectivity index (χ3v) is 3.30. The van der Waals surface area contributed by atoms with Gasteiger partial charge in [0.15, 0.2) is 0 Å². The summed E-state index contributed by atoms with van der Waals surface area (Å²) in [7, 11) is 1.34. The van der Waals surface area contributed by atoms with Crippen molar-refractivity contribution in [1.29, 1.82) is 0 Å². The Morgan fingerprint density at radius 2 is 2.11 bits per heavy atom. The van der Waals surface area contributed by atoms with Gasteiger partial charge in [-0.2, -0.15) is 0 Å². The summed E-state index contributed by atoms with van der Waals surface area (Å²) in [6.07, 6.45) is -0.469. The molecule has 19 heavy (non-hydrogen) atoms. The van der Waals surface area contributed by atoms with E-state index in [-0.39, 0.29) is 11.5 Å². The molecule has 1 aliphatic rings. The van der Waals surface area contributed by atoms with Crippen LogP contribution in [-0.4, -0.2) is 25.8 Å². The predicted molar refractivity (Wildman–Crippen MR) is 68.8 cm³/mol. The number of cyclic esters (lactones) is 1. The van der Waals surface area contributed by atoms with E-state index in [2.05, 4.69) is 5.32 Å². The lowest BCUT2D eigenvalue weighted by Crippen LogP contribution is -2.47. The number of benzene rings is 1. The van der Waals surface area contributed by atoms with E-state index in [9.17, 15) is 9.59 Å². The molecule has 1 atom stereocenters. The van der Waals surface area contributed by atoms with Crippen LogP contribution in [0.4, 0.5) is 4.79 Å². The van der Waals surface area contributed by atoms with Crippen LogP contribution in [-0.2, 0) is 9.47 Å². The molecule has 0 unspecified atom stereocenters. The van der Waals surface area contributed by atoms with Gasteiger partial charge in [0.05, 0.1) is 18.7 Å². The van der Waals surface area contributed by atoms with Gasteiger partial charge in [0.2, 0.25) is 0 Å². The molecular weight excluding hydrogens is 246 g/mol. The summed E-state index contributed by atoms with van der Waals surface area (Å²) in [5, 5.41) is 2.77. The Bertz CT molecular complexity index is 510. The fraction of sp³-hybridized carbons (Fsp3) is 0.429. The molecule has 1 aliphatic heterocycles. The minimum absolute atomic E-state index is 0.288. The average molecular weight is 263 g/mol. The molecule has 0 radical (unpaired) electrons. The van der Waals surface area contributed by atoms with Gasteiger partial charge < -0.3 is 14.8 Å². The number of nitrogens with one attached hydrogen (secondary N) is 1. The van der Waals surface area contributed by atoms with E-state index in [1.54, 1.807) is 12.1 Å². The first kappa shape index (κ1) is 13.4. The number of methoxy groups -OCH3 is 1. The molecule has 2 rings (SSSR count). The molecule has 1 fully saturated rings. The summed E-state index contributed by atoms with van der Waals surface area (Å²) in [4.78, 5) is 23.2. The first-order valence-corrected chi connectivity index (χ1v) is 6.06. The van der Waals surface area contributed by atoms with E-state index in [0.29, 0.717) is 12.2 Å². The second kappa shape index (κ2) is 4.91. The highest BCUT2D eigenvalue weighted by atomic mass is 16.6. The normalized spacial score (nSPS) is 21.2. The zero-order chi connectivity index (χ0) is 14.0. The van der Waals surface area contributed by atoms with Gasteiger partial charge in [0.1, 0.15) is 6.61 Å². The maximum Gasteiger partial charge on any atom is 0.407 e. The van der Waals surface area contributed by atoms with Crippen molar-refractivity contribution in [3.05, 3.63) is 35.4 Å². The SMILES string of the molecule is COC(=O)c1ccccc1[C@@H]1NC(=O)OCC1(C)C. The van der Waals surface area contributed by atoms with Crippen LogP contribution in [0.2, 0.25) is 0 Å². The quantitative estimate of drug-likeness (QED) is 0.831. The molecule has 1 N–H and O–H groups in total. The van der Waals surface area contributed by atoms with Crippen LogP contribution < -0.4 is 5.32 Å². The van der Waals surface area contributed by atoms with Crippen molar-refractivity contribution in [3.8, 4) is 0 Å². The van der Waals surface area contributed by atoms with Crippen molar-refractivity contribution >= 4 is 12.1 Å². The number of ether oxygens (including phenoxy) is 2. The van der Waals surface area contributed by atoms with E-state index >= 15 is 0 Å². The number of esters is 1. The van der Waals surface area contributed by atoms with Gasteiger partial charge in [-0.25, -0.2) is 9.59 Å². The van der Waals surface area contributed by atoms with E-state index in [1.165, 1.54) is 7.11 Å². The Morgan fingerprint density at radius 1 is 1.42 bits per heavy atom. The van der Waals surface area contributed by atoms with E-state index in [0.717, 1.165) is 5.56 Å². The van der Waals surface area contributed by atoms with Gasteiger partial charge in [-0.1, -0.05) is 32.0 Å². The average Bonchev–Trinajstić information content (AvgIpc) is 2.41. The van der Waals surface area contributed by atoms with Crippen LogP contribution in [0.15, 0.2) is 24.3 Å². The van der Waals surface area contributed by atoms with Crippen LogP contribution in [0.1, 0.15) is 35.8 Å². The molecule has 1 heterocycles. The Labute approximate surface area is 111 Å². The van der Waals surface area contributed by atoms with Crippen molar-refractivity contribution in [1.82, 2.24) is 5.32 Å². The van der Waals surface area contributed by atoms with Crippen molar-refractivity contribution in [2.75, 3.05) is 13.7 Å². The highest BCUT2D eigenvalue weighted by Crippen LogP contribution is 2.37. The number of amides is 1. The molecule has 5 heteroatoms. The Balaban J connectivity index is 2.45. The highest BCUT2D eigenvalue weighted by Gasteiger charge is 2.39. The van der Waals surface area contributed by atoms with Gasteiger partial charge in [0.25, 0.3) is 0 Å². The smallest absolute Gasteiger partial charge is 0.407 e. The van der Waals surface area contributed by atoms with Crippen LogP contribution >= 0.6 is 0 Å². The fourth-order valence-electron chi connectivity index (χ4n) is 2.23. The molecule has 1 amide bonds. The Hall–Kier alpha value is -2.04. The van der Waals surface area contributed by atoms with Crippen LogP contribution in [0, 0.1) is 5.41 Å². The van der Waals surface area contributed by atoms with Crippen molar-refractivity contribution in [3.63, 3.8) is 0 Å². The molecule has 0 aromatic heterocycles. The van der Waals surface area contributed by atoms with Crippen LogP contribution in [0.25, 0.3) is 0 Å². The van der Waals surface area contributed by atoms with Crippen molar-refractivity contribution < 1.29 is 19.1 Å². The summed E-state index contributed by atoms with van der Waals surface area (Å²) in [5.41, 5.74) is 0.902. The fourth-order valence-corrected chi connectivity index (χ4v) is 2.23. The maximum atomic E-state index is 11.8.